The summed E-state index contributed by atoms with van der Waals surface area (Å²) in [4.78, 5) is 11.9. The van der Waals surface area contributed by atoms with Gasteiger partial charge in [0.05, 0.1) is 12.7 Å². The van der Waals surface area contributed by atoms with E-state index in [9.17, 15) is 4.79 Å². The second-order valence-corrected chi connectivity index (χ2v) is 7.05. The molecule has 0 aromatic heterocycles. The zero-order valence-electron chi connectivity index (χ0n) is 13.0. The van der Waals surface area contributed by atoms with Gasteiger partial charge in [-0.1, -0.05) is 31.9 Å². The Labute approximate surface area is 132 Å². The number of ether oxygens (including phenoxy) is 1. The van der Waals surface area contributed by atoms with Crippen LogP contribution in [0.3, 0.4) is 0 Å². The molecule has 0 radical (unpaired) electrons. The highest BCUT2D eigenvalue weighted by Crippen LogP contribution is 2.35. The van der Waals surface area contributed by atoms with Crippen molar-refractivity contribution >= 4 is 23.3 Å². The Morgan fingerprint density at radius 3 is 2.81 bits per heavy atom. The van der Waals surface area contributed by atoms with Crippen LogP contribution < -0.4 is 5.32 Å². The lowest BCUT2D eigenvalue weighted by atomic mass is 9.85. The van der Waals surface area contributed by atoms with Crippen molar-refractivity contribution in [3.8, 4) is 0 Å². The lowest BCUT2D eigenvalue weighted by molar-refractivity contribution is 0.0602. The van der Waals surface area contributed by atoms with E-state index in [4.69, 9.17) is 16.3 Å². The first-order valence-electron chi connectivity index (χ1n) is 7.56. The maximum atomic E-state index is 11.9. The summed E-state index contributed by atoms with van der Waals surface area (Å²) >= 11 is 5.99. The van der Waals surface area contributed by atoms with Gasteiger partial charge in [-0.05, 0) is 49.3 Å². The molecular weight excluding hydrogens is 286 g/mol. The monoisotopic (exact) mass is 309 g/mol. The van der Waals surface area contributed by atoms with Crippen LogP contribution in [0.25, 0.3) is 0 Å². The maximum Gasteiger partial charge on any atom is 0.340 e. The highest BCUT2D eigenvalue weighted by atomic mass is 35.5. The molecule has 2 rings (SSSR count). The fourth-order valence-electron chi connectivity index (χ4n) is 2.95. The molecule has 1 aliphatic rings. The van der Waals surface area contributed by atoms with E-state index < -0.39 is 0 Å². The molecule has 1 N–H and O–H groups in total. The molecule has 1 fully saturated rings. The standard InChI is InChI=1S/C17H24ClNO2/c1-17(2)9-4-5-13(8-10-17)19-15-7-6-12(18)11-14(15)16(20)21-3/h6-7,11,13,19H,4-5,8-10H2,1-3H3. The fourth-order valence-corrected chi connectivity index (χ4v) is 3.12. The zero-order valence-corrected chi connectivity index (χ0v) is 13.8. The Balaban J connectivity index is 2.14. The first-order chi connectivity index (χ1) is 9.91. The number of hydrogen-bond acceptors (Lipinski definition) is 3. The van der Waals surface area contributed by atoms with Crippen molar-refractivity contribution in [1.29, 1.82) is 0 Å². The molecule has 116 valence electrons. The topological polar surface area (TPSA) is 38.3 Å². The Morgan fingerprint density at radius 2 is 2.10 bits per heavy atom. The lowest BCUT2D eigenvalue weighted by Crippen LogP contribution is -2.21. The van der Waals surface area contributed by atoms with Gasteiger partial charge in [0.1, 0.15) is 0 Å². The molecular formula is C17H24ClNO2. The van der Waals surface area contributed by atoms with Crippen LogP contribution in [0.1, 0.15) is 56.3 Å². The Bertz CT molecular complexity index is 514. The van der Waals surface area contributed by atoms with Gasteiger partial charge in [0, 0.05) is 16.8 Å². The number of nitrogens with one attached hydrogen (secondary N) is 1. The van der Waals surface area contributed by atoms with E-state index in [2.05, 4.69) is 19.2 Å². The SMILES string of the molecule is COC(=O)c1cc(Cl)ccc1NC1CCCC(C)(C)CC1. The van der Waals surface area contributed by atoms with E-state index in [1.807, 2.05) is 6.07 Å². The minimum atomic E-state index is -0.353. The summed E-state index contributed by atoms with van der Waals surface area (Å²) in [6, 6.07) is 5.73. The van der Waals surface area contributed by atoms with E-state index in [-0.39, 0.29) is 5.97 Å². The third kappa shape index (κ3) is 4.37. The lowest BCUT2D eigenvalue weighted by Gasteiger charge is -2.23. The minimum Gasteiger partial charge on any atom is -0.465 e. The van der Waals surface area contributed by atoms with Crippen molar-refractivity contribution < 1.29 is 9.53 Å². The smallest absolute Gasteiger partial charge is 0.340 e. The predicted molar refractivity (Wildman–Crippen MR) is 87.1 cm³/mol. The number of rotatable bonds is 3. The van der Waals surface area contributed by atoms with Crippen LogP contribution in [0.5, 0.6) is 0 Å². The van der Waals surface area contributed by atoms with Gasteiger partial charge < -0.3 is 10.1 Å². The van der Waals surface area contributed by atoms with Gasteiger partial charge in [0.25, 0.3) is 0 Å². The third-order valence-corrected chi connectivity index (χ3v) is 4.56. The largest absolute Gasteiger partial charge is 0.465 e. The van der Waals surface area contributed by atoms with Crippen LogP contribution in [-0.4, -0.2) is 19.1 Å². The van der Waals surface area contributed by atoms with Gasteiger partial charge in [-0.2, -0.15) is 0 Å². The summed E-state index contributed by atoms with van der Waals surface area (Å²) in [7, 11) is 1.39. The highest BCUT2D eigenvalue weighted by molar-refractivity contribution is 6.31. The minimum absolute atomic E-state index is 0.353. The average Bonchev–Trinajstić information content (AvgIpc) is 2.61. The van der Waals surface area contributed by atoms with E-state index in [1.165, 1.54) is 26.4 Å². The molecule has 1 saturated carbocycles. The summed E-state index contributed by atoms with van der Waals surface area (Å²) < 4.78 is 4.84. The molecule has 1 aliphatic carbocycles. The van der Waals surface area contributed by atoms with E-state index in [1.54, 1.807) is 12.1 Å². The number of halogens is 1. The van der Waals surface area contributed by atoms with E-state index >= 15 is 0 Å². The molecule has 1 aromatic carbocycles. The van der Waals surface area contributed by atoms with Crippen LogP contribution in [-0.2, 0) is 4.74 Å². The van der Waals surface area contributed by atoms with Gasteiger partial charge in [-0.25, -0.2) is 4.79 Å². The maximum absolute atomic E-state index is 11.9. The van der Waals surface area contributed by atoms with Crippen LogP contribution >= 0.6 is 11.6 Å². The highest BCUT2D eigenvalue weighted by Gasteiger charge is 2.25. The fraction of sp³-hybridized carbons (Fsp3) is 0.588. The van der Waals surface area contributed by atoms with Crippen molar-refractivity contribution in [3.05, 3.63) is 28.8 Å². The number of anilines is 1. The summed E-state index contributed by atoms with van der Waals surface area (Å²) in [6.45, 7) is 4.66. The molecule has 3 nitrogen and oxygen atoms in total. The molecule has 0 saturated heterocycles. The molecule has 0 amide bonds. The van der Waals surface area contributed by atoms with Crippen molar-refractivity contribution in [2.45, 2.75) is 52.0 Å². The molecule has 0 heterocycles. The van der Waals surface area contributed by atoms with Crippen molar-refractivity contribution in [2.75, 3.05) is 12.4 Å². The van der Waals surface area contributed by atoms with Gasteiger partial charge in [-0.3, -0.25) is 0 Å². The Morgan fingerprint density at radius 1 is 1.33 bits per heavy atom. The van der Waals surface area contributed by atoms with Crippen LogP contribution in [0.4, 0.5) is 5.69 Å². The average molecular weight is 310 g/mol. The molecule has 0 aliphatic heterocycles. The van der Waals surface area contributed by atoms with Gasteiger partial charge >= 0.3 is 5.97 Å². The number of carbonyl (C=O) groups is 1. The normalized spacial score (nSPS) is 21.4. The van der Waals surface area contributed by atoms with Crippen molar-refractivity contribution in [2.24, 2.45) is 5.41 Å². The van der Waals surface area contributed by atoms with Gasteiger partial charge in [0.2, 0.25) is 0 Å². The summed E-state index contributed by atoms with van der Waals surface area (Å²) in [5.41, 5.74) is 1.74. The zero-order chi connectivity index (χ0) is 15.5. The van der Waals surface area contributed by atoms with E-state index in [0.717, 1.165) is 18.5 Å². The molecule has 1 aromatic rings. The van der Waals surface area contributed by atoms with Crippen molar-refractivity contribution in [1.82, 2.24) is 0 Å². The number of methoxy groups -OCH3 is 1. The van der Waals surface area contributed by atoms with Crippen LogP contribution in [0.2, 0.25) is 5.02 Å². The number of carbonyl (C=O) groups excluding carboxylic acids is 1. The summed E-state index contributed by atoms with van der Waals surface area (Å²) in [5.74, 6) is -0.353. The first-order valence-corrected chi connectivity index (χ1v) is 7.93. The number of hydrogen-bond donors (Lipinski definition) is 1. The molecule has 21 heavy (non-hydrogen) atoms. The third-order valence-electron chi connectivity index (χ3n) is 4.32. The quantitative estimate of drug-likeness (QED) is 0.637. The second-order valence-electron chi connectivity index (χ2n) is 6.62. The summed E-state index contributed by atoms with van der Waals surface area (Å²) in [5, 5.41) is 4.05. The molecule has 1 unspecified atom stereocenters. The Kier molecular flexibility index (Phi) is 5.15. The predicted octanol–water partition coefficient (Wildman–Crippen LogP) is 4.90. The Hall–Kier alpha value is -1.22. The van der Waals surface area contributed by atoms with E-state index in [0.29, 0.717) is 22.0 Å². The van der Waals surface area contributed by atoms with Crippen LogP contribution in [0, 0.1) is 5.41 Å². The van der Waals surface area contributed by atoms with Gasteiger partial charge in [0.15, 0.2) is 0 Å². The number of esters is 1. The molecule has 0 bridgehead atoms. The molecule has 0 spiro atoms. The number of benzene rings is 1. The van der Waals surface area contributed by atoms with Crippen LogP contribution in [0.15, 0.2) is 18.2 Å². The van der Waals surface area contributed by atoms with Crippen molar-refractivity contribution in [3.63, 3.8) is 0 Å². The summed E-state index contributed by atoms with van der Waals surface area (Å²) in [6.07, 6.45) is 5.93. The first kappa shape index (κ1) is 16.2. The van der Waals surface area contributed by atoms with Gasteiger partial charge in [-0.15, -0.1) is 0 Å². The molecule has 4 heteroatoms. The molecule has 1 atom stereocenters. The second kappa shape index (κ2) is 6.69.